The average molecular weight is 254 g/mol. The van der Waals surface area contributed by atoms with Crippen LogP contribution in [0.1, 0.15) is 45.4 Å². The van der Waals surface area contributed by atoms with Crippen molar-refractivity contribution >= 4 is 0 Å². The monoisotopic (exact) mass is 254 g/mol. The Morgan fingerprint density at radius 3 is 2.61 bits per heavy atom. The molecule has 1 atom stereocenters. The van der Waals surface area contributed by atoms with Crippen molar-refractivity contribution in [1.29, 1.82) is 0 Å². The average Bonchev–Trinajstić information content (AvgIpc) is 3.17. The van der Waals surface area contributed by atoms with Gasteiger partial charge in [-0.15, -0.1) is 0 Å². The summed E-state index contributed by atoms with van der Waals surface area (Å²) in [6.45, 7) is 2.17. The molecule has 1 aliphatic rings. The fourth-order valence-electron chi connectivity index (χ4n) is 2.18. The Bertz CT molecular complexity index is 388. The van der Waals surface area contributed by atoms with E-state index in [1.807, 2.05) is 0 Å². The Kier molecular flexibility index (Phi) is 4.56. The summed E-state index contributed by atoms with van der Waals surface area (Å²) in [5.41, 5.74) is 0. The highest BCUT2D eigenvalue weighted by molar-refractivity contribution is 5.24. The molecule has 1 aromatic rings. The lowest BCUT2D eigenvalue weighted by Crippen LogP contribution is -2.19. The molecule has 100 valence electrons. The zero-order chi connectivity index (χ0) is 13.0. The van der Waals surface area contributed by atoms with Crippen LogP contribution in [0.25, 0.3) is 0 Å². The molecule has 18 heavy (non-hydrogen) atoms. The molecule has 0 saturated heterocycles. The fraction of sp³-hybridized carbons (Fsp3) is 0.600. The first-order valence-electron chi connectivity index (χ1n) is 6.82. The van der Waals surface area contributed by atoms with Crippen molar-refractivity contribution in [3.05, 3.63) is 29.8 Å². The van der Waals surface area contributed by atoms with E-state index in [1.165, 1.54) is 31.7 Å². The third-order valence-corrected chi connectivity index (χ3v) is 3.42. The van der Waals surface area contributed by atoms with E-state index in [4.69, 9.17) is 4.74 Å². The molecule has 3 heteroatoms. The van der Waals surface area contributed by atoms with E-state index >= 15 is 0 Å². The van der Waals surface area contributed by atoms with Gasteiger partial charge in [-0.2, -0.15) is 0 Å². The Morgan fingerprint density at radius 1 is 1.22 bits per heavy atom. The summed E-state index contributed by atoms with van der Waals surface area (Å²) in [5, 5.41) is 0. The van der Waals surface area contributed by atoms with Crippen molar-refractivity contribution in [2.75, 3.05) is 0 Å². The molecule has 2 rings (SSSR count). The SMILES string of the molecule is CCCCCC(Oc1ccc(F)c(F)c1)C1CC1. The van der Waals surface area contributed by atoms with Gasteiger partial charge in [-0.3, -0.25) is 0 Å². The highest BCUT2D eigenvalue weighted by atomic mass is 19.2. The standard InChI is InChI=1S/C15H20F2O/c1-2-3-4-5-15(11-6-7-11)18-12-8-9-13(16)14(17)10-12/h8-11,15H,2-7H2,1H3. The van der Waals surface area contributed by atoms with E-state index in [0.29, 0.717) is 11.7 Å². The summed E-state index contributed by atoms with van der Waals surface area (Å²) in [7, 11) is 0. The zero-order valence-corrected chi connectivity index (χ0v) is 10.8. The second kappa shape index (κ2) is 6.17. The molecule has 0 spiro atoms. The van der Waals surface area contributed by atoms with Gasteiger partial charge >= 0.3 is 0 Å². The van der Waals surface area contributed by atoms with Crippen LogP contribution < -0.4 is 4.74 Å². The maximum atomic E-state index is 13.1. The first-order valence-corrected chi connectivity index (χ1v) is 6.82. The zero-order valence-electron chi connectivity index (χ0n) is 10.8. The number of unbranched alkanes of at least 4 members (excludes halogenated alkanes) is 2. The summed E-state index contributed by atoms with van der Waals surface area (Å²) in [6, 6.07) is 3.78. The van der Waals surface area contributed by atoms with Crippen molar-refractivity contribution in [2.24, 2.45) is 5.92 Å². The van der Waals surface area contributed by atoms with Gasteiger partial charge in [0.1, 0.15) is 11.9 Å². The number of benzene rings is 1. The van der Waals surface area contributed by atoms with Crippen LogP contribution in [0.3, 0.4) is 0 Å². The summed E-state index contributed by atoms with van der Waals surface area (Å²) in [5.74, 6) is -0.607. The topological polar surface area (TPSA) is 9.23 Å². The quantitative estimate of drug-likeness (QED) is 0.641. The summed E-state index contributed by atoms with van der Waals surface area (Å²) >= 11 is 0. The van der Waals surface area contributed by atoms with Crippen LogP contribution in [0.2, 0.25) is 0 Å². The summed E-state index contributed by atoms with van der Waals surface area (Å²) < 4.78 is 31.7. The first kappa shape index (κ1) is 13.3. The molecule has 1 nitrogen and oxygen atoms in total. The van der Waals surface area contributed by atoms with Crippen LogP contribution in [-0.2, 0) is 0 Å². The number of rotatable bonds is 7. The van der Waals surface area contributed by atoms with Gasteiger partial charge < -0.3 is 4.74 Å². The molecule has 0 amide bonds. The van der Waals surface area contributed by atoms with E-state index in [0.717, 1.165) is 25.0 Å². The molecular formula is C15H20F2O. The molecule has 1 aliphatic carbocycles. The Labute approximate surface area is 107 Å². The van der Waals surface area contributed by atoms with Gasteiger partial charge in [-0.1, -0.05) is 19.8 Å². The Morgan fingerprint density at radius 2 is 2.00 bits per heavy atom. The molecule has 0 N–H and O–H groups in total. The predicted molar refractivity (Wildman–Crippen MR) is 67.6 cm³/mol. The molecule has 0 aromatic heterocycles. The molecule has 0 bridgehead atoms. The second-order valence-electron chi connectivity index (χ2n) is 5.07. The number of halogens is 2. The molecule has 1 aromatic carbocycles. The third-order valence-electron chi connectivity index (χ3n) is 3.42. The molecular weight excluding hydrogens is 234 g/mol. The minimum absolute atomic E-state index is 0.168. The Hall–Kier alpha value is -1.12. The van der Waals surface area contributed by atoms with E-state index in [1.54, 1.807) is 0 Å². The normalized spacial score (nSPS) is 16.6. The van der Waals surface area contributed by atoms with E-state index < -0.39 is 11.6 Å². The number of hydrogen-bond donors (Lipinski definition) is 0. The lowest BCUT2D eigenvalue weighted by atomic mass is 10.1. The van der Waals surface area contributed by atoms with Gasteiger partial charge in [0.15, 0.2) is 11.6 Å². The minimum atomic E-state index is -0.837. The van der Waals surface area contributed by atoms with Crippen LogP contribution >= 0.6 is 0 Å². The molecule has 0 radical (unpaired) electrons. The van der Waals surface area contributed by atoms with E-state index in [-0.39, 0.29) is 6.10 Å². The van der Waals surface area contributed by atoms with Crippen LogP contribution in [-0.4, -0.2) is 6.10 Å². The fourth-order valence-corrected chi connectivity index (χ4v) is 2.18. The highest BCUT2D eigenvalue weighted by Gasteiger charge is 2.32. The molecule has 0 heterocycles. The minimum Gasteiger partial charge on any atom is -0.490 e. The number of hydrogen-bond acceptors (Lipinski definition) is 1. The van der Waals surface area contributed by atoms with Crippen LogP contribution in [0.15, 0.2) is 18.2 Å². The maximum absolute atomic E-state index is 13.1. The first-order chi connectivity index (χ1) is 8.70. The van der Waals surface area contributed by atoms with Crippen molar-refractivity contribution < 1.29 is 13.5 Å². The van der Waals surface area contributed by atoms with Crippen molar-refractivity contribution in [1.82, 2.24) is 0 Å². The van der Waals surface area contributed by atoms with Gasteiger partial charge in [0.05, 0.1) is 0 Å². The van der Waals surface area contributed by atoms with Crippen LogP contribution in [0.5, 0.6) is 5.75 Å². The van der Waals surface area contributed by atoms with E-state index in [9.17, 15) is 8.78 Å². The third kappa shape index (κ3) is 3.69. The lowest BCUT2D eigenvalue weighted by Gasteiger charge is -2.18. The maximum Gasteiger partial charge on any atom is 0.162 e. The smallest absolute Gasteiger partial charge is 0.162 e. The van der Waals surface area contributed by atoms with Crippen molar-refractivity contribution in [3.63, 3.8) is 0 Å². The van der Waals surface area contributed by atoms with E-state index in [2.05, 4.69) is 6.92 Å². The summed E-state index contributed by atoms with van der Waals surface area (Å²) in [6.07, 6.45) is 7.09. The Balaban J connectivity index is 1.92. The van der Waals surface area contributed by atoms with Crippen LogP contribution in [0.4, 0.5) is 8.78 Å². The molecule has 1 fully saturated rings. The number of ether oxygens (including phenoxy) is 1. The second-order valence-corrected chi connectivity index (χ2v) is 5.07. The predicted octanol–water partition coefficient (Wildman–Crippen LogP) is 4.70. The summed E-state index contributed by atoms with van der Waals surface area (Å²) in [4.78, 5) is 0. The van der Waals surface area contributed by atoms with Gasteiger partial charge in [-0.05, 0) is 43.7 Å². The largest absolute Gasteiger partial charge is 0.490 e. The van der Waals surface area contributed by atoms with Crippen molar-refractivity contribution in [3.8, 4) is 5.75 Å². The molecule has 1 saturated carbocycles. The van der Waals surface area contributed by atoms with Crippen LogP contribution in [0, 0.1) is 17.6 Å². The highest BCUT2D eigenvalue weighted by Crippen LogP contribution is 2.37. The van der Waals surface area contributed by atoms with Gasteiger partial charge in [0, 0.05) is 6.07 Å². The molecule has 0 aliphatic heterocycles. The van der Waals surface area contributed by atoms with Crippen molar-refractivity contribution in [2.45, 2.75) is 51.6 Å². The van der Waals surface area contributed by atoms with Gasteiger partial charge in [0.25, 0.3) is 0 Å². The van der Waals surface area contributed by atoms with Gasteiger partial charge in [0.2, 0.25) is 0 Å². The molecule has 1 unspecified atom stereocenters. The van der Waals surface area contributed by atoms with Gasteiger partial charge in [-0.25, -0.2) is 8.78 Å². The lowest BCUT2D eigenvalue weighted by molar-refractivity contribution is 0.163.